The summed E-state index contributed by atoms with van der Waals surface area (Å²) in [6.07, 6.45) is 10.3. The minimum atomic E-state index is -0.218. The molecule has 1 heterocycles. The van der Waals surface area contributed by atoms with Crippen molar-refractivity contribution in [3.8, 4) is 16.9 Å². The quantitative estimate of drug-likeness (QED) is 0.528. The highest BCUT2D eigenvalue weighted by Gasteiger charge is 1.99. The summed E-state index contributed by atoms with van der Waals surface area (Å²) in [6, 6.07) is 12.1. The Labute approximate surface area is 144 Å². The van der Waals surface area contributed by atoms with E-state index in [1.54, 1.807) is 6.08 Å². The number of pyridine rings is 1. The van der Waals surface area contributed by atoms with Gasteiger partial charge in [-0.3, -0.25) is 4.98 Å². The molecule has 1 aromatic carbocycles. The predicted molar refractivity (Wildman–Crippen MR) is 99.9 cm³/mol. The van der Waals surface area contributed by atoms with E-state index in [2.05, 4.69) is 23.7 Å². The molecule has 3 nitrogen and oxygen atoms in total. The van der Waals surface area contributed by atoms with E-state index in [0.717, 1.165) is 41.8 Å². The number of ether oxygens (including phenoxy) is 1. The van der Waals surface area contributed by atoms with Crippen LogP contribution < -0.4 is 4.74 Å². The second kappa shape index (κ2) is 9.68. The fourth-order valence-electron chi connectivity index (χ4n) is 2.31. The number of aromatic nitrogens is 1. The first-order valence-corrected chi connectivity index (χ1v) is 8.34. The van der Waals surface area contributed by atoms with Crippen LogP contribution in [0.15, 0.2) is 61.3 Å². The summed E-state index contributed by atoms with van der Waals surface area (Å²) >= 11 is 0. The zero-order chi connectivity index (χ0) is 17.2. The van der Waals surface area contributed by atoms with E-state index < -0.39 is 0 Å². The highest BCUT2D eigenvalue weighted by atomic mass is 16.5. The van der Waals surface area contributed by atoms with Gasteiger partial charge < -0.3 is 9.84 Å². The van der Waals surface area contributed by atoms with Crippen molar-refractivity contribution < 1.29 is 9.84 Å². The molecule has 0 saturated carbocycles. The van der Waals surface area contributed by atoms with E-state index >= 15 is 0 Å². The topological polar surface area (TPSA) is 42.4 Å². The minimum absolute atomic E-state index is 0.218. The van der Waals surface area contributed by atoms with Crippen molar-refractivity contribution in [2.45, 2.75) is 32.3 Å². The van der Waals surface area contributed by atoms with Crippen molar-refractivity contribution in [3.63, 3.8) is 0 Å². The number of aliphatic hydroxyl groups excluding tert-OH is 1. The van der Waals surface area contributed by atoms with E-state index in [4.69, 9.17) is 4.74 Å². The number of hydrogen-bond acceptors (Lipinski definition) is 3. The second-order valence-corrected chi connectivity index (χ2v) is 5.78. The lowest BCUT2D eigenvalue weighted by molar-refractivity contribution is 0.182. The van der Waals surface area contributed by atoms with Crippen molar-refractivity contribution in [1.29, 1.82) is 0 Å². The van der Waals surface area contributed by atoms with Crippen LogP contribution in [0.25, 0.3) is 17.2 Å². The number of aliphatic hydroxyl groups is 1. The van der Waals surface area contributed by atoms with Crippen LogP contribution >= 0.6 is 0 Å². The van der Waals surface area contributed by atoms with Gasteiger partial charge in [-0.25, -0.2) is 0 Å². The fourth-order valence-corrected chi connectivity index (χ4v) is 2.31. The van der Waals surface area contributed by atoms with Crippen LogP contribution in [0.3, 0.4) is 0 Å². The van der Waals surface area contributed by atoms with E-state index in [1.807, 2.05) is 49.5 Å². The maximum atomic E-state index is 9.22. The molecule has 0 radical (unpaired) electrons. The van der Waals surface area contributed by atoms with Gasteiger partial charge in [0.25, 0.3) is 0 Å². The molecule has 0 bridgehead atoms. The van der Waals surface area contributed by atoms with Gasteiger partial charge in [0.15, 0.2) is 0 Å². The Hall–Kier alpha value is -2.39. The van der Waals surface area contributed by atoms with Crippen LogP contribution in [0, 0.1) is 0 Å². The molecule has 2 aromatic rings. The predicted octanol–water partition coefficient (Wildman–Crippen LogP) is 4.88. The van der Waals surface area contributed by atoms with Gasteiger partial charge in [0.1, 0.15) is 12.4 Å². The lowest BCUT2D eigenvalue weighted by Gasteiger charge is -2.05. The molecule has 1 aromatic heterocycles. The van der Waals surface area contributed by atoms with Crippen LogP contribution in [0.1, 0.15) is 31.9 Å². The zero-order valence-corrected chi connectivity index (χ0v) is 14.2. The molecule has 3 heteroatoms. The number of rotatable bonds is 9. The van der Waals surface area contributed by atoms with Gasteiger partial charge in [-0.15, -0.1) is 0 Å². The minimum Gasteiger partial charge on any atom is -0.490 e. The van der Waals surface area contributed by atoms with Gasteiger partial charge in [0.2, 0.25) is 0 Å². The third-order valence-corrected chi connectivity index (χ3v) is 3.62. The molecular formula is C21H25NO2. The molecule has 1 atom stereocenters. The molecule has 0 aliphatic rings. The number of nitrogens with zero attached hydrogens (tertiary/aromatic N) is 1. The average molecular weight is 323 g/mol. The van der Waals surface area contributed by atoms with Gasteiger partial charge >= 0.3 is 0 Å². The van der Waals surface area contributed by atoms with Gasteiger partial charge in [-0.1, -0.05) is 36.9 Å². The monoisotopic (exact) mass is 323 g/mol. The molecule has 0 spiro atoms. The highest BCUT2D eigenvalue weighted by Crippen LogP contribution is 2.22. The third-order valence-electron chi connectivity index (χ3n) is 3.62. The van der Waals surface area contributed by atoms with E-state index in [9.17, 15) is 5.11 Å². The molecular weight excluding hydrogens is 298 g/mol. The molecule has 1 unspecified atom stereocenters. The smallest absolute Gasteiger partial charge is 0.119 e. The summed E-state index contributed by atoms with van der Waals surface area (Å²) in [5.74, 6) is 0.836. The summed E-state index contributed by atoms with van der Waals surface area (Å²) < 4.78 is 5.49. The number of benzene rings is 1. The SMILES string of the molecule is C=CCOc1ccc(-c2ccc(C=CCCCC(C)O)nc2)cc1. The first kappa shape index (κ1) is 18.0. The molecule has 24 heavy (non-hydrogen) atoms. The summed E-state index contributed by atoms with van der Waals surface area (Å²) in [5, 5.41) is 9.22. The van der Waals surface area contributed by atoms with Crippen LogP contribution in [-0.4, -0.2) is 22.8 Å². The van der Waals surface area contributed by atoms with Crippen molar-refractivity contribution in [1.82, 2.24) is 4.98 Å². The van der Waals surface area contributed by atoms with Crippen LogP contribution in [0.5, 0.6) is 5.75 Å². The van der Waals surface area contributed by atoms with E-state index in [-0.39, 0.29) is 6.10 Å². The molecule has 126 valence electrons. The standard InChI is InChI=1S/C21H25NO2/c1-3-15-24-21-13-10-18(11-14-21)19-9-12-20(22-16-19)8-6-4-5-7-17(2)23/h3,6,8-14,16-17,23H,1,4-5,7,15H2,2H3. The Morgan fingerprint density at radius 3 is 2.54 bits per heavy atom. The molecule has 0 aliphatic heterocycles. The zero-order valence-electron chi connectivity index (χ0n) is 14.2. The van der Waals surface area contributed by atoms with E-state index in [0.29, 0.717) is 6.61 Å². The number of unbranched alkanes of at least 4 members (excludes halogenated alkanes) is 1. The molecule has 1 N–H and O–H groups in total. The Morgan fingerprint density at radius 2 is 1.92 bits per heavy atom. The van der Waals surface area contributed by atoms with Crippen LogP contribution in [0.2, 0.25) is 0 Å². The van der Waals surface area contributed by atoms with Crippen molar-refractivity contribution in [2.75, 3.05) is 6.61 Å². The number of hydrogen-bond donors (Lipinski definition) is 1. The first-order chi connectivity index (χ1) is 11.7. The lowest BCUT2D eigenvalue weighted by Crippen LogP contribution is -1.97. The van der Waals surface area contributed by atoms with Gasteiger partial charge in [-0.05, 0) is 56.0 Å². The highest BCUT2D eigenvalue weighted by molar-refractivity contribution is 5.64. The molecule has 0 fully saturated rings. The summed E-state index contributed by atoms with van der Waals surface area (Å²) in [5.41, 5.74) is 3.14. The first-order valence-electron chi connectivity index (χ1n) is 8.34. The van der Waals surface area contributed by atoms with Gasteiger partial charge in [0.05, 0.1) is 11.8 Å². The van der Waals surface area contributed by atoms with E-state index in [1.165, 1.54) is 0 Å². The number of allylic oxidation sites excluding steroid dienone is 1. The Balaban J connectivity index is 1.91. The van der Waals surface area contributed by atoms with Gasteiger partial charge in [-0.2, -0.15) is 0 Å². The Morgan fingerprint density at radius 1 is 1.17 bits per heavy atom. The van der Waals surface area contributed by atoms with Crippen LogP contribution in [0.4, 0.5) is 0 Å². The fraction of sp³-hybridized carbons (Fsp3) is 0.286. The third kappa shape index (κ3) is 6.01. The van der Waals surface area contributed by atoms with Gasteiger partial charge in [0, 0.05) is 11.8 Å². The lowest BCUT2D eigenvalue weighted by atomic mass is 10.1. The molecule has 0 saturated heterocycles. The molecule has 2 rings (SSSR count). The Bertz CT molecular complexity index is 643. The molecule has 0 aliphatic carbocycles. The Kier molecular flexibility index (Phi) is 7.24. The summed E-state index contributed by atoms with van der Waals surface area (Å²) in [4.78, 5) is 4.48. The van der Waals surface area contributed by atoms with Crippen molar-refractivity contribution >= 4 is 6.08 Å². The van der Waals surface area contributed by atoms with Crippen molar-refractivity contribution in [3.05, 3.63) is 67.0 Å². The van der Waals surface area contributed by atoms with Crippen LogP contribution in [-0.2, 0) is 0 Å². The van der Waals surface area contributed by atoms with Crippen molar-refractivity contribution in [2.24, 2.45) is 0 Å². The summed E-state index contributed by atoms with van der Waals surface area (Å²) in [6.45, 7) is 5.97. The largest absolute Gasteiger partial charge is 0.490 e. The maximum Gasteiger partial charge on any atom is 0.119 e. The molecule has 0 amide bonds. The normalized spacial score (nSPS) is 12.2. The average Bonchev–Trinajstić information content (AvgIpc) is 2.60. The maximum absolute atomic E-state index is 9.22. The second-order valence-electron chi connectivity index (χ2n) is 5.78. The summed E-state index contributed by atoms with van der Waals surface area (Å²) in [7, 11) is 0.